The van der Waals surface area contributed by atoms with Crippen molar-refractivity contribution in [2.45, 2.75) is 26.0 Å². The monoisotopic (exact) mass is 268 g/mol. The minimum absolute atomic E-state index is 0.0936. The topological polar surface area (TPSA) is 44.3 Å². The van der Waals surface area contributed by atoms with Crippen LogP contribution in [0.1, 0.15) is 23.1 Å². The van der Waals surface area contributed by atoms with Crippen molar-refractivity contribution in [3.8, 4) is 0 Å². The molecule has 104 valence electrons. The Morgan fingerprint density at radius 1 is 1.10 bits per heavy atom. The molecule has 0 saturated carbocycles. The maximum absolute atomic E-state index is 9.04. The number of aliphatic hydroxyl groups excluding tert-OH is 1. The summed E-state index contributed by atoms with van der Waals surface area (Å²) in [5.41, 5.74) is 6.06. The highest BCUT2D eigenvalue weighted by Crippen LogP contribution is 2.26. The molecule has 2 aromatic carbocycles. The number of nitrogens with one attached hydrogen (secondary N) is 2. The van der Waals surface area contributed by atoms with Crippen molar-refractivity contribution in [1.82, 2.24) is 0 Å². The first kappa shape index (κ1) is 13.0. The van der Waals surface area contributed by atoms with E-state index < -0.39 is 0 Å². The summed E-state index contributed by atoms with van der Waals surface area (Å²) in [6.07, 6.45) is 2.38. The highest BCUT2D eigenvalue weighted by molar-refractivity contribution is 5.60. The van der Waals surface area contributed by atoms with E-state index in [2.05, 4.69) is 28.8 Å². The lowest BCUT2D eigenvalue weighted by molar-refractivity contribution is 0.282. The molecule has 0 aromatic heterocycles. The van der Waals surface area contributed by atoms with E-state index >= 15 is 0 Å². The van der Waals surface area contributed by atoms with E-state index in [1.54, 1.807) is 0 Å². The lowest BCUT2D eigenvalue weighted by Gasteiger charge is -2.21. The van der Waals surface area contributed by atoms with Gasteiger partial charge >= 0.3 is 0 Å². The summed E-state index contributed by atoms with van der Waals surface area (Å²) in [5, 5.41) is 16.0. The van der Waals surface area contributed by atoms with Gasteiger partial charge in [0.1, 0.15) is 0 Å². The average molecular weight is 268 g/mol. The summed E-state index contributed by atoms with van der Waals surface area (Å²) in [4.78, 5) is 0. The van der Waals surface area contributed by atoms with Crippen LogP contribution in [0.3, 0.4) is 0 Å². The molecule has 0 saturated heterocycles. The Bertz CT molecular complexity index is 578. The van der Waals surface area contributed by atoms with Crippen molar-refractivity contribution in [2.75, 3.05) is 17.2 Å². The Hall–Kier alpha value is -2.00. The maximum atomic E-state index is 9.04. The number of aliphatic hydroxyl groups is 1. The summed E-state index contributed by atoms with van der Waals surface area (Å²) < 4.78 is 0. The predicted molar refractivity (Wildman–Crippen MR) is 82.9 cm³/mol. The fourth-order valence-electron chi connectivity index (χ4n) is 2.65. The van der Waals surface area contributed by atoms with E-state index in [1.165, 1.54) is 29.7 Å². The summed E-state index contributed by atoms with van der Waals surface area (Å²) in [7, 11) is 0. The standard InChI is InChI=1S/C17H20N2O/c20-12-13-6-8-16(9-7-13)19-11-15-4-1-3-14-5-2-10-18-17(14)15/h1,3-4,6-9,18-20H,2,5,10-12H2. The summed E-state index contributed by atoms with van der Waals surface area (Å²) in [6, 6.07) is 14.4. The number of benzene rings is 2. The van der Waals surface area contributed by atoms with E-state index in [-0.39, 0.29) is 6.61 Å². The maximum Gasteiger partial charge on any atom is 0.0681 e. The van der Waals surface area contributed by atoms with Gasteiger partial charge in [0.25, 0.3) is 0 Å². The molecule has 1 heterocycles. The molecular formula is C17H20N2O. The molecule has 0 aliphatic carbocycles. The predicted octanol–water partition coefficient (Wildman–Crippen LogP) is 3.15. The smallest absolute Gasteiger partial charge is 0.0681 e. The quantitative estimate of drug-likeness (QED) is 0.798. The number of para-hydroxylation sites is 1. The molecule has 2 aromatic rings. The van der Waals surface area contributed by atoms with Crippen LogP contribution >= 0.6 is 0 Å². The van der Waals surface area contributed by atoms with Crippen LogP contribution in [0.5, 0.6) is 0 Å². The molecule has 0 atom stereocenters. The molecule has 1 aliphatic heterocycles. The fourth-order valence-corrected chi connectivity index (χ4v) is 2.65. The summed E-state index contributed by atoms with van der Waals surface area (Å²) >= 11 is 0. The number of anilines is 2. The van der Waals surface area contributed by atoms with Crippen molar-refractivity contribution in [3.63, 3.8) is 0 Å². The normalized spacial score (nSPS) is 13.4. The fraction of sp³-hybridized carbons (Fsp3) is 0.294. The second-order valence-corrected chi connectivity index (χ2v) is 5.19. The molecule has 0 radical (unpaired) electrons. The third kappa shape index (κ3) is 2.78. The van der Waals surface area contributed by atoms with Gasteiger partial charge in [-0.1, -0.05) is 30.3 Å². The lowest BCUT2D eigenvalue weighted by atomic mass is 9.99. The van der Waals surface area contributed by atoms with E-state index in [0.29, 0.717) is 0 Å². The first-order valence-corrected chi connectivity index (χ1v) is 7.15. The van der Waals surface area contributed by atoms with Crippen LogP contribution in [0.4, 0.5) is 11.4 Å². The van der Waals surface area contributed by atoms with Crippen LogP contribution in [0.15, 0.2) is 42.5 Å². The van der Waals surface area contributed by atoms with Gasteiger partial charge in [0, 0.05) is 24.5 Å². The molecule has 3 nitrogen and oxygen atoms in total. The number of hydrogen-bond donors (Lipinski definition) is 3. The van der Waals surface area contributed by atoms with Gasteiger partial charge in [-0.25, -0.2) is 0 Å². The molecule has 0 fully saturated rings. The lowest BCUT2D eigenvalue weighted by Crippen LogP contribution is -2.14. The molecule has 0 bridgehead atoms. The molecule has 3 N–H and O–H groups in total. The minimum atomic E-state index is 0.0936. The van der Waals surface area contributed by atoms with Crippen LogP contribution in [0, 0.1) is 0 Å². The molecule has 1 aliphatic rings. The van der Waals surface area contributed by atoms with Gasteiger partial charge in [-0.05, 0) is 41.7 Å². The summed E-state index contributed by atoms with van der Waals surface area (Å²) in [6.45, 7) is 1.97. The van der Waals surface area contributed by atoms with Crippen molar-refractivity contribution < 1.29 is 5.11 Å². The zero-order valence-electron chi connectivity index (χ0n) is 11.5. The van der Waals surface area contributed by atoms with Gasteiger partial charge in [-0.2, -0.15) is 0 Å². The van der Waals surface area contributed by atoms with E-state index in [4.69, 9.17) is 5.11 Å². The van der Waals surface area contributed by atoms with Gasteiger partial charge in [0.05, 0.1) is 6.61 Å². The van der Waals surface area contributed by atoms with Crippen LogP contribution in [0.2, 0.25) is 0 Å². The second kappa shape index (κ2) is 5.97. The van der Waals surface area contributed by atoms with Gasteiger partial charge in [-0.3, -0.25) is 0 Å². The zero-order valence-corrected chi connectivity index (χ0v) is 11.5. The Kier molecular flexibility index (Phi) is 3.88. The van der Waals surface area contributed by atoms with E-state index in [0.717, 1.165) is 24.3 Å². The highest BCUT2D eigenvalue weighted by Gasteiger charge is 2.11. The van der Waals surface area contributed by atoms with Crippen LogP contribution in [0.25, 0.3) is 0 Å². The van der Waals surface area contributed by atoms with Crippen LogP contribution < -0.4 is 10.6 Å². The van der Waals surface area contributed by atoms with Gasteiger partial charge in [0.2, 0.25) is 0 Å². The zero-order chi connectivity index (χ0) is 13.8. The third-order valence-electron chi connectivity index (χ3n) is 3.78. The Labute approximate surface area is 119 Å². The molecule has 0 amide bonds. The number of aryl methyl sites for hydroxylation is 1. The van der Waals surface area contributed by atoms with Crippen LogP contribution in [-0.4, -0.2) is 11.7 Å². The van der Waals surface area contributed by atoms with E-state index in [9.17, 15) is 0 Å². The van der Waals surface area contributed by atoms with Crippen molar-refractivity contribution in [1.29, 1.82) is 0 Å². The molecule has 3 heteroatoms. The molecule has 0 unspecified atom stereocenters. The molecule has 20 heavy (non-hydrogen) atoms. The largest absolute Gasteiger partial charge is 0.392 e. The van der Waals surface area contributed by atoms with Gasteiger partial charge < -0.3 is 15.7 Å². The average Bonchev–Trinajstić information content (AvgIpc) is 2.53. The summed E-state index contributed by atoms with van der Waals surface area (Å²) in [5.74, 6) is 0. The van der Waals surface area contributed by atoms with E-state index in [1.807, 2.05) is 24.3 Å². The van der Waals surface area contributed by atoms with Crippen LogP contribution in [-0.2, 0) is 19.6 Å². The molecular weight excluding hydrogens is 248 g/mol. The minimum Gasteiger partial charge on any atom is -0.392 e. The van der Waals surface area contributed by atoms with Gasteiger partial charge in [0.15, 0.2) is 0 Å². The van der Waals surface area contributed by atoms with Crippen molar-refractivity contribution in [2.24, 2.45) is 0 Å². The Balaban J connectivity index is 1.71. The number of rotatable bonds is 4. The molecule has 0 spiro atoms. The highest BCUT2D eigenvalue weighted by atomic mass is 16.3. The first-order chi connectivity index (χ1) is 9.86. The Morgan fingerprint density at radius 3 is 2.75 bits per heavy atom. The number of fused-ring (bicyclic) bond motifs is 1. The Morgan fingerprint density at radius 2 is 1.95 bits per heavy atom. The van der Waals surface area contributed by atoms with Crippen molar-refractivity contribution >= 4 is 11.4 Å². The second-order valence-electron chi connectivity index (χ2n) is 5.19. The SMILES string of the molecule is OCc1ccc(NCc2cccc3c2NCCC3)cc1. The number of hydrogen-bond acceptors (Lipinski definition) is 3. The molecule has 3 rings (SSSR count). The first-order valence-electron chi connectivity index (χ1n) is 7.15. The van der Waals surface area contributed by atoms with Crippen molar-refractivity contribution in [3.05, 3.63) is 59.2 Å². The van der Waals surface area contributed by atoms with Gasteiger partial charge in [-0.15, -0.1) is 0 Å². The third-order valence-corrected chi connectivity index (χ3v) is 3.78.